The maximum absolute atomic E-state index is 5.82. The normalized spacial score (nSPS) is 11.2. The molecular formula is C13H18BrN5. The van der Waals surface area contributed by atoms with E-state index in [0.29, 0.717) is 11.6 Å². The second kappa shape index (κ2) is 6.14. The lowest BCUT2D eigenvalue weighted by atomic mass is 10.1. The molecule has 1 aromatic carbocycles. The highest BCUT2D eigenvalue weighted by Gasteiger charge is 2.12. The van der Waals surface area contributed by atoms with E-state index in [9.17, 15) is 0 Å². The van der Waals surface area contributed by atoms with Crippen LogP contribution in [0.15, 0.2) is 22.7 Å². The maximum Gasteiger partial charge on any atom is 0.183 e. The first-order chi connectivity index (χ1) is 9.08. The molecule has 2 aromatic rings. The summed E-state index contributed by atoms with van der Waals surface area (Å²) in [4.78, 5) is 0. The zero-order valence-corrected chi connectivity index (χ0v) is 12.8. The predicted octanol–water partition coefficient (Wildman–Crippen LogP) is 3.12. The van der Waals surface area contributed by atoms with E-state index in [4.69, 9.17) is 5.73 Å². The van der Waals surface area contributed by atoms with Gasteiger partial charge >= 0.3 is 0 Å². The van der Waals surface area contributed by atoms with Crippen LogP contribution >= 0.6 is 15.9 Å². The molecule has 6 heteroatoms. The molecule has 1 heterocycles. The number of aromatic nitrogens is 4. The Bertz CT molecular complexity index is 550. The molecule has 102 valence electrons. The average molecular weight is 324 g/mol. The summed E-state index contributed by atoms with van der Waals surface area (Å²) >= 11 is 3.51. The highest BCUT2D eigenvalue weighted by atomic mass is 79.9. The molecule has 0 saturated carbocycles. The lowest BCUT2D eigenvalue weighted by molar-refractivity contribution is 0.485. The summed E-state index contributed by atoms with van der Waals surface area (Å²) in [5.41, 5.74) is 7.45. The Morgan fingerprint density at radius 3 is 2.89 bits per heavy atom. The van der Waals surface area contributed by atoms with Crippen LogP contribution in [0.4, 0.5) is 5.69 Å². The Morgan fingerprint density at radius 1 is 1.37 bits per heavy atom. The second-order valence-electron chi connectivity index (χ2n) is 5.00. The number of halogens is 1. The van der Waals surface area contributed by atoms with Gasteiger partial charge in [-0.3, -0.25) is 0 Å². The summed E-state index contributed by atoms with van der Waals surface area (Å²) in [7, 11) is 0. The molecular weight excluding hydrogens is 306 g/mol. The molecule has 0 aliphatic rings. The smallest absolute Gasteiger partial charge is 0.183 e. The summed E-state index contributed by atoms with van der Waals surface area (Å²) < 4.78 is 2.78. The van der Waals surface area contributed by atoms with E-state index >= 15 is 0 Å². The summed E-state index contributed by atoms with van der Waals surface area (Å²) in [6.45, 7) is 5.26. The van der Waals surface area contributed by atoms with E-state index in [1.165, 1.54) is 0 Å². The molecule has 0 saturated heterocycles. The molecule has 0 amide bonds. The lowest BCUT2D eigenvalue weighted by Gasteiger charge is -2.08. The zero-order chi connectivity index (χ0) is 13.8. The van der Waals surface area contributed by atoms with Gasteiger partial charge in [0.1, 0.15) is 0 Å². The minimum absolute atomic E-state index is 0.694. The largest absolute Gasteiger partial charge is 0.399 e. The van der Waals surface area contributed by atoms with Gasteiger partial charge in [-0.15, -0.1) is 5.10 Å². The maximum atomic E-state index is 5.82. The first-order valence-corrected chi connectivity index (χ1v) is 7.19. The van der Waals surface area contributed by atoms with Crippen LogP contribution in [0.5, 0.6) is 0 Å². The van der Waals surface area contributed by atoms with Crippen molar-refractivity contribution in [3.05, 3.63) is 22.7 Å². The molecule has 1 aromatic heterocycles. The highest BCUT2D eigenvalue weighted by Crippen LogP contribution is 2.28. The number of benzene rings is 1. The molecule has 0 aliphatic heterocycles. The Hall–Kier alpha value is -1.43. The molecule has 19 heavy (non-hydrogen) atoms. The first kappa shape index (κ1) is 14.0. The lowest BCUT2D eigenvalue weighted by Crippen LogP contribution is -2.05. The summed E-state index contributed by atoms with van der Waals surface area (Å²) in [6, 6.07) is 5.65. The SMILES string of the molecule is CC(C)CCCn1nnnc1-c1cc(N)ccc1Br. The van der Waals surface area contributed by atoms with Crippen LogP contribution in [0.25, 0.3) is 11.4 Å². The van der Waals surface area contributed by atoms with Crippen LogP contribution in [-0.4, -0.2) is 20.2 Å². The molecule has 0 spiro atoms. The van der Waals surface area contributed by atoms with Crippen molar-refractivity contribution in [2.45, 2.75) is 33.2 Å². The molecule has 0 radical (unpaired) electrons. The molecule has 2 N–H and O–H groups in total. The predicted molar refractivity (Wildman–Crippen MR) is 79.4 cm³/mol. The van der Waals surface area contributed by atoms with Gasteiger partial charge in [0.2, 0.25) is 0 Å². The summed E-state index contributed by atoms with van der Waals surface area (Å²) in [5.74, 6) is 1.45. The molecule has 5 nitrogen and oxygen atoms in total. The van der Waals surface area contributed by atoms with Gasteiger partial charge in [-0.2, -0.15) is 0 Å². The van der Waals surface area contributed by atoms with Crippen molar-refractivity contribution in [1.82, 2.24) is 20.2 Å². The van der Waals surface area contributed by atoms with Crippen molar-refractivity contribution in [1.29, 1.82) is 0 Å². The van der Waals surface area contributed by atoms with Crippen LogP contribution in [0.3, 0.4) is 0 Å². The number of nitrogens with zero attached hydrogens (tertiary/aromatic N) is 4. The summed E-state index contributed by atoms with van der Waals surface area (Å²) in [6.07, 6.45) is 2.23. The third kappa shape index (κ3) is 3.53. The second-order valence-corrected chi connectivity index (χ2v) is 5.86. The topological polar surface area (TPSA) is 69.6 Å². The van der Waals surface area contributed by atoms with Crippen LogP contribution < -0.4 is 5.73 Å². The van der Waals surface area contributed by atoms with E-state index in [1.807, 2.05) is 22.9 Å². The third-order valence-electron chi connectivity index (χ3n) is 2.91. The van der Waals surface area contributed by atoms with Gasteiger partial charge in [0.15, 0.2) is 5.82 Å². The minimum atomic E-state index is 0.694. The fraction of sp³-hybridized carbons (Fsp3) is 0.462. The van der Waals surface area contributed by atoms with E-state index in [2.05, 4.69) is 45.3 Å². The number of tetrazole rings is 1. The Balaban J connectivity index is 2.21. The van der Waals surface area contributed by atoms with Gasteiger partial charge in [0, 0.05) is 22.3 Å². The zero-order valence-electron chi connectivity index (χ0n) is 11.2. The number of hydrogen-bond donors (Lipinski definition) is 1. The molecule has 0 unspecified atom stereocenters. The van der Waals surface area contributed by atoms with Crippen LogP contribution in [-0.2, 0) is 6.54 Å². The van der Waals surface area contributed by atoms with Crippen molar-refractivity contribution in [3.63, 3.8) is 0 Å². The average Bonchev–Trinajstić information content (AvgIpc) is 2.80. The van der Waals surface area contributed by atoms with Crippen LogP contribution in [0, 0.1) is 5.92 Å². The van der Waals surface area contributed by atoms with Crippen LogP contribution in [0.2, 0.25) is 0 Å². The van der Waals surface area contributed by atoms with E-state index in [-0.39, 0.29) is 0 Å². The van der Waals surface area contributed by atoms with Crippen molar-refractivity contribution in [2.75, 3.05) is 5.73 Å². The van der Waals surface area contributed by atoms with Gasteiger partial charge in [-0.1, -0.05) is 29.8 Å². The van der Waals surface area contributed by atoms with Crippen LogP contribution in [0.1, 0.15) is 26.7 Å². The van der Waals surface area contributed by atoms with Crippen molar-refractivity contribution in [2.24, 2.45) is 5.92 Å². The quantitative estimate of drug-likeness (QED) is 0.858. The van der Waals surface area contributed by atoms with Crippen molar-refractivity contribution >= 4 is 21.6 Å². The van der Waals surface area contributed by atoms with Gasteiger partial charge < -0.3 is 5.73 Å². The Kier molecular flexibility index (Phi) is 4.52. The van der Waals surface area contributed by atoms with E-state index in [0.717, 1.165) is 35.2 Å². The number of nitrogens with two attached hydrogens (primary N) is 1. The molecule has 0 atom stereocenters. The number of aryl methyl sites for hydroxylation is 1. The summed E-state index contributed by atoms with van der Waals surface area (Å²) in [5, 5.41) is 11.9. The van der Waals surface area contributed by atoms with Gasteiger partial charge in [-0.25, -0.2) is 4.68 Å². The first-order valence-electron chi connectivity index (χ1n) is 6.39. The minimum Gasteiger partial charge on any atom is -0.399 e. The standard InChI is InChI=1S/C13H18BrN5/c1-9(2)4-3-7-19-13(16-17-18-19)11-8-10(15)5-6-12(11)14/h5-6,8-9H,3-4,7,15H2,1-2H3. The molecule has 2 rings (SSSR count). The number of anilines is 1. The Labute approximate surface area is 121 Å². The monoisotopic (exact) mass is 323 g/mol. The van der Waals surface area contributed by atoms with Gasteiger partial charge in [0.25, 0.3) is 0 Å². The molecule has 0 fully saturated rings. The fourth-order valence-electron chi connectivity index (χ4n) is 1.91. The Morgan fingerprint density at radius 2 is 2.16 bits per heavy atom. The highest BCUT2D eigenvalue weighted by molar-refractivity contribution is 9.10. The van der Waals surface area contributed by atoms with E-state index < -0.39 is 0 Å². The number of nitrogen functional groups attached to an aromatic ring is 1. The molecule has 0 aliphatic carbocycles. The molecule has 0 bridgehead atoms. The van der Waals surface area contributed by atoms with E-state index in [1.54, 1.807) is 0 Å². The number of hydrogen-bond acceptors (Lipinski definition) is 4. The van der Waals surface area contributed by atoms with Gasteiger partial charge in [-0.05, 0) is 47.4 Å². The van der Waals surface area contributed by atoms with Crippen molar-refractivity contribution in [3.8, 4) is 11.4 Å². The van der Waals surface area contributed by atoms with Crippen molar-refractivity contribution < 1.29 is 0 Å². The number of rotatable bonds is 5. The third-order valence-corrected chi connectivity index (χ3v) is 3.61. The fourth-order valence-corrected chi connectivity index (χ4v) is 2.34. The van der Waals surface area contributed by atoms with Gasteiger partial charge in [0.05, 0.1) is 0 Å².